The summed E-state index contributed by atoms with van der Waals surface area (Å²) in [4.78, 5) is 0. The summed E-state index contributed by atoms with van der Waals surface area (Å²) in [5.74, 6) is 0. The van der Waals surface area contributed by atoms with E-state index in [9.17, 15) is 10.2 Å². The molecule has 1 aliphatic rings. The fourth-order valence-electron chi connectivity index (χ4n) is 2.14. The van der Waals surface area contributed by atoms with E-state index in [1.54, 1.807) is 0 Å². The Kier molecular flexibility index (Phi) is 6.20. The molecule has 112 valence electrons. The van der Waals surface area contributed by atoms with Gasteiger partial charge in [-0.1, -0.05) is 30.3 Å². The molecule has 20 heavy (non-hydrogen) atoms. The molecule has 1 aliphatic heterocycles. The Morgan fingerprint density at radius 2 is 1.80 bits per heavy atom. The van der Waals surface area contributed by atoms with Crippen molar-refractivity contribution in [2.75, 3.05) is 19.1 Å². The van der Waals surface area contributed by atoms with Gasteiger partial charge in [-0.05, 0) is 12.5 Å². The van der Waals surface area contributed by atoms with Crippen LogP contribution in [-0.2, 0) is 9.47 Å². The molecule has 1 heterocycles. The Hall–Kier alpha value is -0.240. The van der Waals surface area contributed by atoms with Gasteiger partial charge >= 0.3 is 0 Å². The van der Waals surface area contributed by atoms with Gasteiger partial charge in [0.1, 0.15) is 18.3 Å². The number of hydrogen-bond donors (Lipinski definition) is 2. The van der Waals surface area contributed by atoms with Crippen LogP contribution in [0.1, 0.15) is 11.9 Å². The minimum Gasteiger partial charge on any atom is -0.388 e. The van der Waals surface area contributed by atoms with E-state index in [0.717, 1.165) is 5.56 Å². The zero-order valence-corrected chi connectivity index (χ0v) is 13.1. The number of thioether (sulfide) groups is 2. The van der Waals surface area contributed by atoms with Crippen LogP contribution in [0.2, 0.25) is 0 Å². The number of aliphatic hydroxyl groups excluding tert-OH is 2. The van der Waals surface area contributed by atoms with Crippen LogP contribution in [-0.4, -0.2) is 52.2 Å². The third-order valence-corrected chi connectivity index (χ3v) is 5.90. The van der Waals surface area contributed by atoms with Gasteiger partial charge in [0, 0.05) is 5.56 Å². The first kappa shape index (κ1) is 16.1. The van der Waals surface area contributed by atoms with Gasteiger partial charge in [0.05, 0.1) is 11.2 Å². The lowest BCUT2D eigenvalue weighted by Gasteiger charge is -2.27. The molecule has 0 bridgehead atoms. The van der Waals surface area contributed by atoms with Crippen molar-refractivity contribution < 1.29 is 19.7 Å². The Morgan fingerprint density at radius 3 is 2.40 bits per heavy atom. The summed E-state index contributed by atoms with van der Waals surface area (Å²) >= 11 is 3.04. The highest BCUT2D eigenvalue weighted by Crippen LogP contribution is 2.31. The molecule has 1 fully saturated rings. The fraction of sp³-hybridized carbons (Fsp3) is 0.571. The van der Waals surface area contributed by atoms with Gasteiger partial charge in [-0.3, -0.25) is 0 Å². The summed E-state index contributed by atoms with van der Waals surface area (Å²) in [6.07, 6.45) is 1.06. The van der Waals surface area contributed by atoms with Crippen LogP contribution in [0.25, 0.3) is 0 Å². The van der Waals surface area contributed by atoms with Gasteiger partial charge in [-0.2, -0.15) is 0 Å². The molecule has 6 heteroatoms. The zero-order chi connectivity index (χ0) is 14.5. The largest absolute Gasteiger partial charge is 0.388 e. The van der Waals surface area contributed by atoms with E-state index in [4.69, 9.17) is 9.47 Å². The van der Waals surface area contributed by atoms with Gasteiger partial charge in [0.2, 0.25) is 0 Å². The third-order valence-electron chi connectivity index (χ3n) is 3.26. The normalized spacial score (nSPS) is 25.9. The lowest BCUT2D eigenvalue weighted by atomic mass is 10.1. The monoisotopic (exact) mass is 316 g/mol. The lowest BCUT2D eigenvalue weighted by Crippen LogP contribution is -2.43. The van der Waals surface area contributed by atoms with Crippen molar-refractivity contribution in [1.29, 1.82) is 0 Å². The summed E-state index contributed by atoms with van der Waals surface area (Å²) < 4.78 is 11.2. The smallest absolute Gasteiger partial charge is 0.184 e. The fourth-order valence-corrected chi connectivity index (χ4v) is 3.79. The standard InChI is InChI=1S/C14H20O4S2/c1-19-14(20-2)12(16)11(15)10-8-17-13(18-10)9-6-4-3-5-7-9/h3-7,10-16H,8H2,1-2H3/t10-,11?,12?,13+/m0/s1. The van der Waals surface area contributed by atoms with Crippen molar-refractivity contribution in [3.8, 4) is 0 Å². The molecule has 0 amide bonds. The zero-order valence-electron chi connectivity index (χ0n) is 11.5. The molecule has 0 spiro atoms. The van der Waals surface area contributed by atoms with E-state index in [0.29, 0.717) is 0 Å². The van der Waals surface area contributed by atoms with Crippen molar-refractivity contribution in [2.45, 2.75) is 29.2 Å². The van der Waals surface area contributed by atoms with Gasteiger partial charge in [-0.15, -0.1) is 23.5 Å². The number of ether oxygens (including phenoxy) is 2. The molecule has 1 aromatic carbocycles. The summed E-state index contributed by atoms with van der Waals surface area (Å²) in [5.41, 5.74) is 0.919. The van der Waals surface area contributed by atoms with Crippen LogP contribution in [0.15, 0.2) is 30.3 Å². The van der Waals surface area contributed by atoms with Gasteiger partial charge in [-0.25, -0.2) is 0 Å². The second-order valence-electron chi connectivity index (χ2n) is 4.57. The summed E-state index contributed by atoms with van der Waals surface area (Å²) in [7, 11) is 0. The molecule has 0 aliphatic carbocycles. The van der Waals surface area contributed by atoms with E-state index in [1.165, 1.54) is 23.5 Å². The first-order chi connectivity index (χ1) is 9.67. The van der Waals surface area contributed by atoms with Crippen LogP contribution in [0.4, 0.5) is 0 Å². The van der Waals surface area contributed by atoms with Crippen LogP contribution >= 0.6 is 23.5 Å². The number of benzene rings is 1. The Labute approximate surface area is 127 Å². The topological polar surface area (TPSA) is 58.9 Å². The molecular weight excluding hydrogens is 296 g/mol. The highest BCUT2D eigenvalue weighted by Gasteiger charge is 2.38. The third kappa shape index (κ3) is 3.69. The molecular formula is C14H20O4S2. The van der Waals surface area contributed by atoms with Crippen molar-refractivity contribution in [3.05, 3.63) is 35.9 Å². The predicted molar refractivity (Wildman–Crippen MR) is 82.8 cm³/mol. The first-order valence-electron chi connectivity index (χ1n) is 6.41. The number of aliphatic hydroxyl groups is 2. The van der Waals surface area contributed by atoms with Crippen molar-refractivity contribution >= 4 is 23.5 Å². The molecule has 0 saturated carbocycles. The molecule has 0 radical (unpaired) electrons. The van der Waals surface area contributed by atoms with Gasteiger partial charge < -0.3 is 19.7 Å². The average molecular weight is 316 g/mol. The van der Waals surface area contributed by atoms with Crippen LogP contribution in [0.3, 0.4) is 0 Å². The SMILES string of the molecule is CSC(SC)C(O)C(O)[C@@H]1CO[C@@H](c2ccccc2)O1. The van der Waals surface area contributed by atoms with Crippen molar-refractivity contribution in [1.82, 2.24) is 0 Å². The molecule has 2 N–H and O–H groups in total. The number of hydrogen-bond acceptors (Lipinski definition) is 6. The second-order valence-corrected chi connectivity index (χ2v) is 6.83. The van der Waals surface area contributed by atoms with E-state index in [-0.39, 0.29) is 11.2 Å². The van der Waals surface area contributed by atoms with Gasteiger partial charge in [0.15, 0.2) is 6.29 Å². The van der Waals surface area contributed by atoms with Crippen LogP contribution in [0.5, 0.6) is 0 Å². The first-order valence-corrected chi connectivity index (χ1v) is 8.98. The molecule has 2 rings (SSSR count). The maximum absolute atomic E-state index is 10.2. The van der Waals surface area contributed by atoms with E-state index >= 15 is 0 Å². The molecule has 1 saturated heterocycles. The average Bonchev–Trinajstić information content (AvgIpc) is 2.98. The highest BCUT2D eigenvalue weighted by molar-refractivity contribution is 8.16. The van der Waals surface area contributed by atoms with Crippen molar-refractivity contribution in [2.24, 2.45) is 0 Å². The van der Waals surface area contributed by atoms with Crippen molar-refractivity contribution in [3.63, 3.8) is 0 Å². The maximum atomic E-state index is 10.2. The van der Waals surface area contributed by atoms with Crippen LogP contribution in [0, 0.1) is 0 Å². The maximum Gasteiger partial charge on any atom is 0.184 e. The Morgan fingerprint density at radius 1 is 1.15 bits per heavy atom. The van der Waals surface area contributed by atoms with E-state index in [2.05, 4.69) is 0 Å². The van der Waals surface area contributed by atoms with E-state index in [1.807, 2.05) is 42.8 Å². The minimum absolute atomic E-state index is 0.0793. The highest BCUT2D eigenvalue weighted by atomic mass is 32.2. The van der Waals surface area contributed by atoms with E-state index < -0.39 is 24.6 Å². The quantitative estimate of drug-likeness (QED) is 0.782. The summed E-state index contributed by atoms with van der Waals surface area (Å²) in [6.45, 7) is 0.285. The van der Waals surface area contributed by atoms with Gasteiger partial charge in [0.25, 0.3) is 0 Å². The second kappa shape index (κ2) is 7.68. The summed E-state index contributed by atoms with van der Waals surface area (Å²) in [6, 6.07) is 9.59. The summed E-state index contributed by atoms with van der Waals surface area (Å²) in [5, 5.41) is 20.4. The predicted octanol–water partition coefficient (Wildman–Crippen LogP) is 1.87. The Balaban J connectivity index is 1.95. The molecule has 2 unspecified atom stereocenters. The number of rotatable bonds is 6. The molecule has 0 aromatic heterocycles. The molecule has 4 nitrogen and oxygen atoms in total. The Bertz CT molecular complexity index is 399. The van der Waals surface area contributed by atoms with Crippen LogP contribution < -0.4 is 0 Å². The molecule has 1 aromatic rings. The minimum atomic E-state index is -0.950. The lowest BCUT2D eigenvalue weighted by molar-refractivity contribution is -0.104. The molecule has 4 atom stereocenters.